The number of likely N-dealkylation sites (tertiary alicyclic amines) is 1. The maximum absolute atomic E-state index is 9.26. The van der Waals surface area contributed by atoms with Gasteiger partial charge >= 0.3 is 0 Å². The number of anilines is 1. The van der Waals surface area contributed by atoms with Crippen LogP contribution >= 0.6 is 0 Å². The molecule has 3 rings (SSSR count). The summed E-state index contributed by atoms with van der Waals surface area (Å²) in [6.07, 6.45) is 4.92. The average molecular weight is 298 g/mol. The zero-order chi connectivity index (χ0) is 15.4. The van der Waals surface area contributed by atoms with E-state index < -0.39 is 0 Å². The molecule has 0 spiro atoms. The molecule has 2 saturated heterocycles. The van der Waals surface area contributed by atoms with Crippen LogP contribution in [0.2, 0.25) is 0 Å². The van der Waals surface area contributed by atoms with Crippen LogP contribution in [0.4, 0.5) is 5.69 Å². The number of rotatable bonds is 3. The van der Waals surface area contributed by atoms with Crippen LogP contribution in [0, 0.1) is 17.2 Å². The number of hydrogen-bond donors (Lipinski definition) is 1. The predicted molar refractivity (Wildman–Crippen MR) is 89.7 cm³/mol. The van der Waals surface area contributed by atoms with Gasteiger partial charge in [-0.25, -0.2) is 0 Å². The Morgan fingerprint density at radius 1 is 1.05 bits per heavy atom. The minimum absolute atomic E-state index is 0.712. The van der Waals surface area contributed by atoms with Crippen LogP contribution in [-0.4, -0.2) is 43.7 Å². The second-order valence-electron chi connectivity index (χ2n) is 6.56. The number of nitrogens with zero attached hydrogens (tertiary/aromatic N) is 3. The maximum Gasteiger partial charge on any atom is 0.101 e. The number of para-hydroxylation sites is 1. The van der Waals surface area contributed by atoms with Crippen molar-refractivity contribution in [3.8, 4) is 6.07 Å². The van der Waals surface area contributed by atoms with Gasteiger partial charge in [0.2, 0.25) is 0 Å². The van der Waals surface area contributed by atoms with E-state index in [1.54, 1.807) is 0 Å². The van der Waals surface area contributed by atoms with E-state index in [-0.39, 0.29) is 0 Å². The maximum atomic E-state index is 9.26. The molecule has 22 heavy (non-hydrogen) atoms. The molecular formula is C18H26N4. The van der Waals surface area contributed by atoms with Crippen molar-refractivity contribution in [2.24, 2.45) is 11.7 Å². The molecule has 2 heterocycles. The van der Waals surface area contributed by atoms with Crippen LogP contribution in [0.1, 0.15) is 31.2 Å². The first-order valence-corrected chi connectivity index (χ1v) is 8.50. The van der Waals surface area contributed by atoms with Gasteiger partial charge in [0.1, 0.15) is 6.07 Å². The van der Waals surface area contributed by atoms with Crippen molar-refractivity contribution >= 4 is 5.69 Å². The Labute approximate surface area is 133 Å². The van der Waals surface area contributed by atoms with Crippen molar-refractivity contribution in [1.82, 2.24) is 4.90 Å². The van der Waals surface area contributed by atoms with Crippen LogP contribution in [0.5, 0.6) is 0 Å². The molecule has 4 heteroatoms. The van der Waals surface area contributed by atoms with Crippen molar-refractivity contribution in [3.63, 3.8) is 0 Å². The molecule has 0 bridgehead atoms. The lowest BCUT2D eigenvalue weighted by molar-refractivity contribution is 0.117. The summed E-state index contributed by atoms with van der Waals surface area (Å²) in [5.74, 6) is 0.735. The van der Waals surface area contributed by atoms with Gasteiger partial charge in [-0.1, -0.05) is 12.1 Å². The predicted octanol–water partition coefficient (Wildman–Crippen LogP) is 2.20. The summed E-state index contributed by atoms with van der Waals surface area (Å²) in [7, 11) is 0. The average Bonchev–Trinajstić information content (AvgIpc) is 2.62. The van der Waals surface area contributed by atoms with E-state index in [2.05, 4.69) is 21.9 Å². The van der Waals surface area contributed by atoms with E-state index in [0.29, 0.717) is 6.04 Å². The molecule has 1 aromatic rings. The fourth-order valence-electron chi connectivity index (χ4n) is 3.87. The third kappa shape index (κ3) is 3.26. The van der Waals surface area contributed by atoms with Crippen molar-refractivity contribution in [3.05, 3.63) is 29.8 Å². The normalized spacial score (nSPS) is 21.7. The largest absolute Gasteiger partial charge is 0.370 e. The molecule has 0 aromatic heterocycles. The van der Waals surface area contributed by atoms with E-state index in [4.69, 9.17) is 5.73 Å². The fraction of sp³-hybridized carbons (Fsp3) is 0.611. The summed E-state index contributed by atoms with van der Waals surface area (Å²) in [6, 6.07) is 11.0. The molecule has 2 aliphatic rings. The molecule has 0 radical (unpaired) electrons. The first-order chi connectivity index (χ1) is 10.8. The van der Waals surface area contributed by atoms with E-state index in [9.17, 15) is 5.26 Å². The highest BCUT2D eigenvalue weighted by Crippen LogP contribution is 2.27. The van der Waals surface area contributed by atoms with Gasteiger partial charge in [-0.05, 0) is 63.4 Å². The first-order valence-electron chi connectivity index (χ1n) is 8.50. The van der Waals surface area contributed by atoms with Gasteiger partial charge in [0, 0.05) is 19.1 Å². The number of benzene rings is 1. The van der Waals surface area contributed by atoms with Crippen LogP contribution in [0.15, 0.2) is 24.3 Å². The molecule has 118 valence electrons. The summed E-state index contributed by atoms with van der Waals surface area (Å²) in [6.45, 7) is 5.38. The van der Waals surface area contributed by atoms with Gasteiger partial charge in [0.05, 0.1) is 11.3 Å². The van der Waals surface area contributed by atoms with Crippen molar-refractivity contribution < 1.29 is 0 Å². The molecule has 4 nitrogen and oxygen atoms in total. The van der Waals surface area contributed by atoms with Gasteiger partial charge in [0.15, 0.2) is 0 Å². The van der Waals surface area contributed by atoms with E-state index in [0.717, 1.165) is 36.8 Å². The number of piperidine rings is 2. The highest BCUT2D eigenvalue weighted by atomic mass is 15.2. The minimum atomic E-state index is 0.712. The first kappa shape index (κ1) is 15.3. The monoisotopic (exact) mass is 298 g/mol. The summed E-state index contributed by atoms with van der Waals surface area (Å²) < 4.78 is 0. The third-order valence-corrected chi connectivity index (χ3v) is 5.33. The molecule has 0 aliphatic carbocycles. The van der Waals surface area contributed by atoms with Crippen LogP contribution in [-0.2, 0) is 0 Å². The molecule has 0 atom stereocenters. The lowest BCUT2D eigenvalue weighted by atomic mass is 9.93. The Morgan fingerprint density at radius 2 is 1.73 bits per heavy atom. The standard InChI is InChI=1S/C18H26N4/c19-13-15-5-9-21(10-6-15)17-7-11-22(12-8-17)18-4-2-1-3-16(18)14-20/h1-4,15,17H,5-13,19H2. The molecule has 0 unspecified atom stereocenters. The van der Waals surface area contributed by atoms with Crippen LogP contribution < -0.4 is 10.6 Å². The van der Waals surface area contributed by atoms with E-state index >= 15 is 0 Å². The molecule has 2 N–H and O–H groups in total. The van der Waals surface area contributed by atoms with Crippen molar-refractivity contribution in [2.45, 2.75) is 31.7 Å². The van der Waals surface area contributed by atoms with Crippen LogP contribution in [0.3, 0.4) is 0 Å². The molecule has 0 amide bonds. The summed E-state index contributed by atoms with van der Waals surface area (Å²) in [5, 5.41) is 9.26. The summed E-state index contributed by atoms with van der Waals surface area (Å²) >= 11 is 0. The zero-order valence-electron chi connectivity index (χ0n) is 13.2. The van der Waals surface area contributed by atoms with Gasteiger partial charge in [-0.15, -0.1) is 0 Å². The lowest BCUT2D eigenvalue weighted by Gasteiger charge is -2.42. The Hall–Kier alpha value is -1.57. The van der Waals surface area contributed by atoms with Gasteiger partial charge in [0.25, 0.3) is 0 Å². The number of hydrogen-bond acceptors (Lipinski definition) is 4. The Bertz CT molecular complexity index is 520. The topological polar surface area (TPSA) is 56.3 Å². The van der Waals surface area contributed by atoms with Gasteiger partial charge in [-0.2, -0.15) is 5.26 Å². The number of nitriles is 1. The van der Waals surface area contributed by atoms with E-state index in [1.165, 1.54) is 38.8 Å². The second kappa shape index (κ2) is 7.13. The molecule has 1 aromatic carbocycles. The second-order valence-corrected chi connectivity index (χ2v) is 6.56. The van der Waals surface area contributed by atoms with Gasteiger partial charge < -0.3 is 15.5 Å². The van der Waals surface area contributed by atoms with E-state index in [1.807, 2.05) is 18.2 Å². The van der Waals surface area contributed by atoms with Crippen molar-refractivity contribution in [1.29, 1.82) is 5.26 Å². The Balaban J connectivity index is 1.56. The van der Waals surface area contributed by atoms with Crippen molar-refractivity contribution in [2.75, 3.05) is 37.6 Å². The third-order valence-electron chi connectivity index (χ3n) is 5.33. The summed E-state index contributed by atoms with van der Waals surface area (Å²) in [5.41, 5.74) is 7.68. The molecule has 2 aliphatic heterocycles. The highest BCUT2D eigenvalue weighted by Gasteiger charge is 2.28. The lowest BCUT2D eigenvalue weighted by Crippen LogP contribution is -2.48. The smallest absolute Gasteiger partial charge is 0.101 e. The fourth-order valence-corrected chi connectivity index (χ4v) is 3.87. The zero-order valence-corrected chi connectivity index (χ0v) is 13.2. The highest BCUT2D eigenvalue weighted by molar-refractivity contribution is 5.59. The quantitative estimate of drug-likeness (QED) is 0.929. The summed E-state index contributed by atoms with van der Waals surface area (Å²) in [4.78, 5) is 5.04. The molecular weight excluding hydrogens is 272 g/mol. The molecule has 2 fully saturated rings. The SMILES string of the molecule is N#Cc1ccccc1N1CCC(N2CCC(CN)CC2)CC1. The Morgan fingerprint density at radius 3 is 2.36 bits per heavy atom. The molecule has 0 saturated carbocycles. The number of nitrogens with two attached hydrogens (primary N) is 1. The minimum Gasteiger partial charge on any atom is -0.370 e. The Kier molecular flexibility index (Phi) is 4.97. The van der Waals surface area contributed by atoms with Gasteiger partial charge in [-0.3, -0.25) is 0 Å². The van der Waals surface area contributed by atoms with Crippen LogP contribution in [0.25, 0.3) is 0 Å².